The van der Waals surface area contributed by atoms with Crippen molar-refractivity contribution < 1.29 is 0 Å². The van der Waals surface area contributed by atoms with Crippen LogP contribution in [0, 0.1) is 0 Å². The summed E-state index contributed by atoms with van der Waals surface area (Å²) < 4.78 is 0. The van der Waals surface area contributed by atoms with Gasteiger partial charge in [0.1, 0.15) is 0 Å². The van der Waals surface area contributed by atoms with E-state index >= 15 is 0 Å². The second kappa shape index (κ2) is 18.5. The Hall–Kier alpha value is -0.820. The van der Waals surface area contributed by atoms with Crippen molar-refractivity contribution in [1.82, 2.24) is 5.32 Å². The summed E-state index contributed by atoms with van der Waals surface area (Å²) in [5.41, 5.74) is 1.46. The minimum atomic E-state index is 0.632. The standard InChI is InChI=1S/C26H47N/c1-3-4-5-6-7-8-9-10-11-12-13-14-15-19-24-27-25(2)22-23-26-20-17-16-18-21-26/h16-18,20-21,25,27H,3-15,19,22-24H2,1-2H3. The largest absolute Gasteiger partial charge is 0.314 e. The number of hydrogen-bond donors (Lipinski definition) is 1. The first kappa shape index (κ1) is 24.2. The second-order valence-electron chi connectivity index (χ2n) is 8.48. The first-order valence-electron chi connectivity index (χ1n) is 12.1. The molecule has 0 aromatic heterocycles. The Bertz CT molecular complexity index is 400. The summed E-state index contributed by atoms with van der Waals surface area (Å²) in [6.07, 6.45) is 22.5. The molecule has 0 heterocycles. The summed E-state index contributed by atoms with van der Waals surface area (Å²) in [6, 6.07) is 11.5. The van der Waals surface area contributed by atoms with Gasteiger partial charge in [0.05, 0.1) is 0 Å². The molecule has 1 unspecified atom stereocenters. The molecule has 1 atom stereocenters. The monoisotopic (exact) mass is 373 g/mol. The van der Waals surface area contributed by atoms with Crippen LogP contribution in [0.1, 0.15) is 116 Å². The molecule has 0 spiro atoms. The van der Waals surface area contributed by atoms with Crippen molar-refractivity contribution in [3.63, 3.8) is 0 Å². The van der Waals surface area contributed by atoms with Crippen LogP contribution in [-0.2, 0) is 6.42 Å². The molecule has 0 saturated carbocycles. The quantitative estimate of drug-likeness (QED) is 0.242. The maximum Gasteiger partial charge on any atom is 0.00418 e. The van der Waals surface area contributed by atoms with Gasteiger partial charge in [0.15, 0.2) is 0 Å². The molecule has 0 bridgehead atoms. The van der Waals surface area contributed by atoms with E-state index in [0.29, 0.717) is 6.04 Å². The van der Waals surface area contributed by atoms with Gasteiger partial charge in [0.25, 0.3) is 0 Å². The Morgan fingerprint density at radius 3 is 1.67 bits per heavy atom. The molecule has 1 nitrogen and oxygen atoms in total. The molecule has 0 aliphatic carbocycles. The van der Waals surface area contributed by atoms with E-state index in [9.17, 15) is 0 Å². The summed E-state index contributed by atoms with van der Waals surface area (Å²) in [6.45, 7) is 5.81. The Morgan fingerprint density at radius 2 is 1.15 bits per heavy atom. The molecule has 0 radical (unpaired) electrons. The van der Waals surface area contributed by atoms with E-state index in [2.05, 4.69) is 49.5 Å². The van der Waals surface area contributed by atoms with E-state index in [1.165, 1.54) is 115 Å². The van der Waals surface area contributed by atoms with Gasteiger partial charge < -0.3 is 5.32 Å². The van der Waals surface area contributed by atoms with Crippen molar-refractivity contribution in [1.29, 1.82) is 0 Å². The molecule has 0 aliphatic rings. The topological polar surface area (TPSA) is 12.0 Å². The minimum absolute atomic E-state index is 0.632. The average molecular weight is 374 g/mol. The van der Waals surface area contributed by atoms with Gasteiger partial charge in [-0.25, -0.2) is 0 Å². The van der Waals surface area contributed by atoms with Gasteiger partial charge in [-0.15, -0.1) is 0 Å². The third-order valence-electron chi connectivity index (χ3n) is 5.73. The van der Waals surface area contributed by atoms with Crippen molar-refractivity contribution >= 4 is 0 Å². The molecule has 0 fully saturated rings. The van der Waals surface area contributed by atoms with E-state index in [4.69, 9.17) is 0 Å². The Kier molecular flexibility index (Phi) is 16.6. The molecule has 1 heteroatoms. The highest BCUT2D eigenvalue weighted by Crippen LogP contribution is 2.13. The predicted octanol–water partition coefficient (Wildman–Crippen LogP) is 8.08. The van der Waals surface area contributed by atoms with Crippen LogP contribution in [0.3, 0.4) is 0 Å². The van der Waals surface area contributed by atoms with Crippen LogP contribution in [0.5, 0.6) is 0 Å². The van der Waals surface area contributed by atoms with Gasteiger partial charge in [0, 0.05) is 6.04 Å². The lowest BCUT2D eigenvalue weighted by Gasteiger charge is -2.13. The lowest BCUT2D eigenvalue weighted by atomic mass is 10.0. The fraction of sp³-hybridized carbons (Fsp3) is 0.769. The van der Waals surface area contributed by atoms with Crippen LogP contribution in [0.4, 0.5) is 0 Å². The van der Waals surface area contributed by atoms with Crippen molar-refractivity contribution in [3.05, 3.63) is 35.9 Å². The summed E-state index contributed by atoms with van der Waals surface area (Å²) in [5.74, 6) is 0. The van der Waals surface area contributed by atoms with Gasteiger partial charge in [-0.05, 0) is 38.3 Å². The number of unbranched alkanes of at least 4 members (excludes halogenated alkanes) is 13. The normalized spacial score (nSPS) is 12.4. The van der Waals surface area contributed by atoms with Crippen molar-refractivity contribution in [2.45, 2.75) is 123 Å². The maximum absolute atomic E-state index is 3.70. The summed E-state index contributed by atoms with van der Waals surface area (Å²) >= 11 is 0. The molecule has 156 valence electrons. The first-order valence-corrected chi connectivity index (χ1v) is 12.1. The predicted molar refractivity (Wildman–Crippen MR) is 123 cm³/mol. The summed E-state index contributed by atoms with van der Waals surface area (Å²) in [7, 11) is 0. The molecule has 27 heavy (non-hydrogen) atoms. The molecule has 1 N–H and O–H groups in total. The highest BCUT2D eigenvalue weighted by molar-refractivity contribution is 5.14. The van der Waals surface area contributed by atoms with Gasteiger partial charge in [-0.3, -0.25) is 0 Å². The van der Waals surface area contributed by atoms with E-state index in [0.717, 1.165) is 0 Å². The molecule has 1 rings (SSSR count). The lowest BCUT2D eigenvalue weighted by Crippen LogP contribution is -2.27. The van der Waals surface area contributed by atoms with E-state index in [1.54, 1.807) is 0 Å². The van der Waals surface area contributed by atoms with Crippen molar-refractivity contribution in [3.8, 4) is 0 Å². The lowest BCUT2D eigenvalue weighted by molar-refractivity contribution is 0.487. The molecule has 1 aromatic carbocycles. The molecule has 0 amide bonds. The van der Waals surface area contributed by atoms with E-state index in [1.807, 2.05) is 0 Å². The van der Waals surface area contributed by atoms with Crippen molar-refractivity contribution in [2.24, 2.45) is 0 Å². The highest BCUT2D eigenvalue weighted by Gasteiger charge is 2.01. The first-order chi connectivity index (χ1) is 13.3. The highest BCUT2D eigenvalue weighted by atomic mass is 14.9. The SMILES string of the molecule is CCCCCCCCCCCCCCCCNC(C)CCc1ccccc1. The Morgan fingerprint density at radius 1 is 0.667 bits per heavy atom. The van der Waals surface area contributed by atoms with Gasteiger partial charge in [0.2, 0.25) is 0 Å². The van der Waals surface area contributed by atoms with Crippen LogP contribution in [0.2, 0.25) is 0 Å². The molecular weight excluding hydrogens is 326 g/mol. The maximum atomic E-state index is 3.70. The number of aryl methyl sites for hydroxylation is 1. The second-order valence-corrected chi connectivity index (χ2v) is 8.48. The zero-order chi connectivity index (χ0) is 19.4. The van der Waals surface area contributed by atoms with Crippen LogP contribution in [0.15, 0.2) is 30.3 Å². The van der Waals surface area contributed by atoms with Crippen LogP contribution < -0.4 is 5.32 Å². The van der Waals surface area contributed by atoms with Gasteiger partial charge >= 0.3 is 0 Å². The fourth-order valence-electron chi connectivity index (χ4n) is 3.80. The average Bonchev–Trinajstić information content (AvgIpc) is 2.70. The van der Waals surface area contributed by atoms with Crippen molar-refractivity contribution in [2.75, 3.05) is 6.54 Å². The minimum Gasteiger partial charge on any atom is -0.314 e. The van der Waals surface area contributed by atoms with Crippen LogP contribution >= 0.6 is 0 Å². The molecule has 0 aliphatic heterocycles. The fourth-order valence-corrected chi connectivity index (χ4v) is 3.80. The zero-order valence-electron chi connectivity index (χ0n) is 18.5. The number of nitrogens with one attached hydrogen (secondary N) is 1. The van der Waals surface area contributed by atoms with Crippen LogP contribution in [-0.4, -0.2) is 12.6 Å². The molecule has 1 aromatic rings. The summed E-state index contributed by atoms with van der Waals surface area (Å²) in [5, 5.41) is 3.70. The Labute approximate surface area is 170 Å². The van der Waals surface area contributed by atoms with E-state index in [-0.39, 0.29) is 0 Å². The number of benzene rings is 1. The van der Waals surface area contributed by atoms with Gasteiger partial charge in [-0.1, -0.05) is 121 Å². The third-order valence-corrected chi connectivity index (χ3v) is 5.73. The number of rotatable bonds is 19. The van der Waals surface area contributed by atoms with Gasteiger partial charge in [-0.2, -0.15) is 0 Å². The molecular formula is C26H47N. The van der Waals surface area contributed by atoms with Crippen LogP contribution in [0.25, 0.3) is 0 Å². The van der Waals surface area contributed by atoms with E-state index < -0.39 is 0 Å². The smallest absolute Gasteiger partial charge is 0.00418 e. The Balaban J connectivity index is 1.76. The number of hydrogen-bond acceptors (Lipinski definition) is 1. The zero-order valence-corrected chi connectivity index (χ0v) is 18.5. The summed E-state index contributed by atoms with van der Waals surface area (Å²) in [4.78, 5) is 0. The third kappa shape index (κ3) is 15.9. The molecule has 0 saturated heterocycles.